The fourth-order valence-corrected chi connectivity index (χ4v) is 3.31. The molecule has 1 aliphatic heterocycles. The first-order valence-corrected chi connectivity index (χ1v) is 9.33. The molecule has 0 aliphatic carbocycles. The van der Waals surface area contributed by atoms with Crippen LogP contribution in [0.15, 0.2) is 90.5 Å². The van der Waals surface area contributed by atoms with Crippen LogP contribution < -0.4 is 4.90 Å². The summed E-state index contributed by atoms with van der Waals surface area (Å²) >= 11 is 5.95. The number of hydrogen-bond acceptors (Lipinski definition) is 2. The van der Waals surface area contributed by atoms with Crippen molar-refractivity contribution in [2.75, 3.05) is 4.90 Å². The molecule has 0 saturated heterocycles. The average molecular weight is 402 g/mol. The molecule has 0 saturated carbocycles. The van der Waals surface area contributed by atoms with Gasteiger partial charge in [-0.05, 0) is 59.7 Å². The molecule has 0 spiro atoms. The Kier molecular flexibility index (Phi) is 5.02. The summed E-state index contributed by atoms with van der Waals surface area (Å²) in [6.07, 6.45) is 3.66. The second kappa shape index (κ2) is 7.78. The zero-order valence-electron chi connectivity index (χ0n) is 15.2. The number of amides is 1. The highest BCUT2D eigenvalue weighted by Crippen LogP contribution is 2.35. The van der Waals surface area contributed by atoms with Crippen LogP contribution in [0.3, 0.4) is 0 Å². The van der Waals surface area contributed by atoms with Crippen LogP contribution in [-0.4, -0.2) is 17.0 Å². The van der Waals surface area contributed by atoms with E-state index in [1.54, 1.807) is 29.2 Å². The van der Waals surface area contributed by atoms with Crippen molar-refractivity contribution in [2.45, 2.75) is 0 Å². The van der Waals surface area contributed by atoms with E-state index in [1.165, 1.54) is 12.1 Å². The second-order valence-corrected chi connectivity index (χ2v) is 6.98. The van der Waals surface area contributed by atoms with Gasteiger partial charge in [0, 0.05) is 16.3 Å². The van der Waals surface area contributed by atoms with Crippen LogP contribution in [0.1, 0.15) is 21.5 Å². The minimum Gasteiger partial charge on any atom is -0.478 e. The Bertz CT molecular complexity index is 1130. The standard InChI is InChI=1S/C24H16ClNO3/c25-20-10-6-16(7-11-20)14-19-15-22(17-4-2-1-3-5-17)26(23(19)27)21-12-8-18(9-13-21)24(28)29/h1-15H,(H,28,29). The van der Waals surface area contributed by atoms with E-state index in [1.807, 2.05) is 54.6 Å². The molecule has 3 aromatic carbocycles. The summed E-state index contributed by atoms with van der Waals surface area (Å²) in [6.45, 7) is 0. The maximum atomic E-state index is 13.2. The van der Waals surface area contributed by atoms with Crippen LogP contribution in [0.25, 0.3) is 11.8 Å². The highest BCUT2D eigenvalue weighted by molar-refractivity contribution is 6.30. The summed E-state index contributed by atoms with van der Waals surface area (Å²) < 4.78 is 0. The lowest BCUT2D eigenvalue weighted by atomic mass is 10.1. The van der Waals surface area contributed by atoms with Gasteiger partial charge in [0.1, 0.15) is 0 Å². The van der Waals surface area contributed by atoms with Crippen molar-refractivity contribution in [3.8, 4) is 0 Å². The predicted octanol–water partition coefficient (Wildman–Crippen LogP) is 5.51. The molecular formula is C24H16ClNO3. The third-order valence-corrected chi connectivity index (χ3v) is 4.87. The topological polar surface area (TPSA) is 57.6 Å². The van der Waals surface area contributed by atoms with Gasteiger partial charge in [-0.25, -0.2) is 4.79 Å². The molecule has 0 atom stereocenters. The summed E-state index contributed by atoms with van der Waals surface area (Å²) in [7, 11) is 0. The first-order chi connectivity index (χ1) is 14.0. The minimum absolute atomic E-state index is 0.169. The minimum atomic E-state index is -1.01. The highest BCUT2D eigenvalue weighted by Gasteiger charge is 2.30. The first kappa shape index (κ1) is 18.7. The molecule has 4 nitrogen and oxygen atoms in total. The molecule has 29 heavy (non-hydrogen) atoms. The van der Waals surface area contributed by atoms with Crippen LogP contribution in [0.2, 0.25) is 5.02 Å². The number of benzene rings is 3. The smallest absolute Gasteiger partial charge is 0.335 e. The molecule has 5 heteroatoms. The van der Waals surface area contributed by atoms with Crippen LogP contribution in [-0.2, 0) is 4.79 Å². The SMILES string of the molecule is O=C(O)c1ccc(N2C(=O)C(=Cc3ccc(Cl)cc3)C=C2c2ccccc2)cc1. The Morgan fingerprint density at radius 2 is 1.55 bits per heavy atom. The number of halogens is 1. The van der Waals surface area contributed by atoms with E-state index >= 15 is 0 Å². The monoisotopic (exact) mass is 401 g/mol. The highest BCUT2D eigenvalue weighted by atomic mass is 35.5. The molecular weight excluding hydrogens is 386 g/mol. The van der Waals surface area contributed by atoms with Crippen molar-refractivity contribution in [3.63, 3.8) is 0 Å². The van der Waals surface area contributed by atoms with Crippen molar-refractivity contribution in [1.29, 1.82) is 0 Å². The number of nitrogens with zero attached hydrogens (tertiary/aromatic N) is 1. The fourth-order valence-electron chi connectivity index (χ4n) is 3.18. The predicted molar refractivity (Wildman–Crippen MR) is 115 cm³/mol. The lowest BCUT2D eigenvalue weighted by molar-refractivity contribution is -0.113. The molecule has 1 amide bonds. The third kappa shape index (κ3) is 3.84. The van der Waals surface area contributed by atoms with Crippen LogP contribution in [0, 0.1) is 0 Å². The van der Waals surface area contributed by atoms with Gasteiger partial charge < -0.3 is 5.11 Å². The lowest BCUT2D eigenvalue weighted by Crippen LogP contribution is -2.25. The number of anilines is 1. The van der Waals surface area contributed by atoms with E-state index in [2.05, 4.69) is 0 Å². The molecule has 4 rings (SSSR count). The quantitative estimate of drug-likeness (QED) is 0.586. The molecule has 0 radical (unpaired) electrons. The summed E-state index contributed by atoms with van der Waals surface area (Å²) in [4.78, 5) is 26.0. The molecule has 1 N–H and O–H groups in total. The summed E-state index contributed by atoms with van der Waals surface area (Å²) in [5, 5.41) is 9.77. The number of carbonyl (C=O) groups excluding carboxylic acids is 1. The Balaban J connectivity index is 1.79. The summed E-state index contributed by atoms with van der Waals surface area (Å²) in [5.74, 6) is -1.19. The zero-order valence-corrected chi connectivity index (χ0v) is 16.0. The molecule has 3 aromatic rings. The maximum Gasteiger partial charge on any atom is 0.335 e. The number of carboxylic acid groups (broad SMARTS) is 1. The van der Waals surface area contributed by atoms with Gasteiger partial charge in [0.25, 0.3) is 5.91 Å². The van der Waals surface area contributed by atoms with Gasteiger partial charge in [0.05, 0.1) is 11.3 Å². The van der Waals surface area contributed by atoms with E-state index in [0.29, 0.717) is 16.3 Å². The van der Waals surface area contributed by atoms with Gasteiger partial charge in [-0.1, -0.05) is 54.1 Å². The van der Waals surface area contributed by atoms with E-state index in [-0.39, 0.29) is 11.5 Å². The zero-order chi connectivity index (χ0) is 20.4. The van der Waals surface area contributed by atoms with E-state index in [0.717, 1.165) is 16.8 Å². The van der Waals surface area contributed by atoms with Crippen molar-refractivity contribution >= 4 is 40.9 Å². The van der Waals surface area contributed by atoms with Gasteiger partial charge in [-0.2, -0.15) is 0 Å². The van der Waals surface area contributed by atoms with Crippen LogP contribution in [0.4, 0.5) is 5.69 Å². The summed E-state index contributed by atoms with van der Waals surface area (Å²) in [6, 6.07) is 23.1. The van der Waals surface area contributed by atoms with Crippen LogP contribution in [0.5, 0.6) is 0 Å². The molecule has 0 bridgehead atoms. The van der Waals surface area contributed by atoms with Gasteiger partial charge in [0.15, 0.2) is 0 Å². The molecule has 0 aromatic heterocycles. The van der Waals surface area contributed by atoms with Crippen molar-refractivity contribution in [2.24, 2.45) is 0 Å². The molecule has 1 heterocycles. The van der Waals surface area contributed by atoms with Gasteiger partial charge in [0.2, 0.25) is 0 Å². The Morgan fingerprint density at radius 3 is 2.17 bits per heavy atom. The number of carbonyl (C=O) groups is 2. The molecule has 142 valence electrons. The largest absolute Gasteiger partial charge is 0.478 e. The first-order valence-electron chi connectivity index (χ1n) is 8.95. The number of aromatic carboxylic acids is 1. The van der Waals surface area contributed by atoms with E-state index < -0.39 is 5.97 Å². The van der Waals surface area contributed by atoms with Gasteiger partial charge >= 0.3 is 5.97 Å². The Labute approximate surface area is 173 Å². The normalized spacial score (nSPS) is 14.9. The second-order valence-electron chi connectivity index (χ2n) is 6.54. The van der Waals surface area contributed by atoms with Crippen molar-refractivity contribution in [1.82, 2.24) is 0 Å². The molecule has 0 unspecified atom stereocenters. The van der Waals surface area contributed by atoms with Gasteiger partial charge in [-0.15, -0.1) is 0 Å². The van der Waals surface area contributed by atoms with E-state index in [9.17, 15) is 9.59 Å². The van der Waals surface area contributed by atoms with Crippen molar-refractivity contribution < 1.29 is 14.7 Å². The summed E-state index contributed by atoms with van der Waals surface area (Å²) in [5.41, 5.74) is 3.80. The molecule has 0 fully saturated rings. The molecule has 1 aliphatic rings. The Morgan fingerprint density at radius 1 is 0.897 bits per heavy atom. The van der Waals surface area contributed by atoms with Gasteiger partial charge in [-0.3, -0.25) is 9.69 Å². The lowest BCUT2D eigenvalue weighted by Gasteiger charge is -2.21. The number of rotatable bonds is 4. The Hall–Kier alpha value is -3.63. The maximum absolute atomic E-state index is 13.2. The number of carboxylic acids is 1. The average Bonchev–Trinajstić information content (AvgIpc) is 3.06. The van der Waals surface area contributed by atoms with Crippen LogP contribution >= 0.6 is 11.6 Å². The third-order valence-electron chi connectivity index (χ3n) is 4.62. The van der Waals surface area contributed by atoms with E-state index in [4.69, 9.17) is 16.7 Å². The fraction of sp³-hybridized carbons (Fsp3) is 0. The number of hydrogen-bond donors (Lipinski definition) is 1. The van der Waals surface area contributed by atoms with Crippen molar-refractivity contribution in [3.05, 3.63) is 112 Å².